The van der Waals surface area contributed by atoms with Crippen molar-refractivity contribution in [3.63, 3.8) is 0 Å². The second-order valence-corrected chi connectivity index (χ2v) is 2.76. The summed E-state index contributed by atoms with van der Waals surface area (Å²) in [5.41, 5.74) is 0.360. The third kappa shape index (κ3) is 5.20. The lowest BCUT2D eigenvalue weighted by atomic mass is 10.2. The highest BCUT2D eigenvalue weighted by molar-refractivity contribution is 5.87. The molecule has 0 aromatic heterocycles. The molecule has 74 valence electrons. The SMILES string of the molecule is C=CCC(=C)C(=O)OCC(O)CC. The fraction of sp³-hybridized carbons (Fsp3) is 0.500. The van der Waals surface area contributed by atoms with Gasteiger partial charge in [0, 0.05) is 5.57 Å². The normalized spacial score (nSPS) is 11.8. The first-order chi connectivity index (χ1) is 6.11. The van der Waals surface area contributed by atoms with Crippen molar-refractivity contribution in [2.24, 2.45) is 0 Å². The summed E-state index contributed by atoms with van der Waals surface area (Å²) in [6.45, 7) is 8.85. The molecule has 1 N–H and O–H groups in total. The number of esters is 1. The van der Waals surface area contributed by atoms with Crippen LogP contribution in [0.3, 0.4) is 0 Å². The quantitative estimate of drug-likeness (QED) is 0.386. The Morgan fingerprint density at radius 1 is 1.69 bits per heavy atom. The van der Waals surface area contributed by atoms with Crippen LogP contribution in [0.15, 0.2) is 24.8 Å². The van der Waals surface area contributed by atoms with Gasteiger partial charge in [-0.25, -0.2) is 4.79 Å². The Morgan fingerprint density at radius 3 is 2.77 bits per heavy atom. The summed E-state index contributed by atoms with van der Waals surface area (Å²) >= 11 is 0. The number of carbonyl (C=O) groups is 1. The lowest BCUT2D eigenvalue weighted by Gasteiger charge is -2.09. The van der Waals surface area contributed by atoms with Crippen LogP contribution in [0.4, 0.5) is 0 Å². The van der Waals surface area contributed by atoms with Crippen LogP contribution in [0.25, 0.3) is 0 Å². The molecule has 0 saturated heterocycles. The molecule has 3 heteroatoms. The van der Waals surface area contributed by atoms with Gasteiger partial charge in [-0.05, 0) is 12.8 Å². The van der Waals surface area contributed by atoms with Crippen LogP contribution in [-0.4, -0.2) is 23.8 Å². The van der Waals surface area contributed by atoms with Gasteiger partial charge in [0.25, 0.3) is 0 Å². The van der Waals surface area contributed by atoms with Gasteiger partial charge in [0.1, 0.15) is 6.61 Å². The highest BCUT2D eigenvalue weighted by Gasteiger charge is 2.09. The standard InChI is InChI=1S/C10H16O3/c1-4-6-8(3)10(12)13-7-9(11)5-2/h4,9,11H,1,3,5-7H2,2H3. The predicted molar refractivity (Wildman–Crippen MR) is 51.2 cm³/mol. The first-order valence-electron chi connectivity index (χ1n) is 4.25. The van der Waals surface area contributed by atoms with E-state index >= 15 is 0 Å². The van der Waals surface area contributed by atoms with Gasteiger partial charge < -0.3 is 9.84 Å². The first-order valence-corrected chi connectivity index (χ1v) is 4.25. The number of aliphatic hydroxyl groups is 1. The largest absolute Gasteiger partial charge is 0.460 e. The lowest BCUT2D eigenvalue weighted by molar-refractivity contribution is -0.142. The minimum atomic E-state index is -0.583. The van der Waals surface area contributed by atoms with E-state index in [1.165, 1.54) is 0 Å². The third-order valence-corrected chi connectivity index (χ3v) is 1.56. The van der Waals surface area contributed by atoms with Crippen molar-refractivity contribution in [2.45, 2.75) is 25.9 Å². The Hall–Kier alpha value is -1.09. The molecular formula is C10H16O3. The molecule has 0 saturated carbocycles. The Balaban J connectivity index is 3.74. The minimum absolute atomic E-state index is 0.0332. The number of carbonyl (C=O) groups excluding carboxylic acids is 1. The van der Waals surface area contributed by atoms with Crippen LogP contribution in [0.5, 0.6) is 0 Å². The maximum atomic E-state index is 11.1. The van der Waals surface area contributed by atoms with Gasteiger partial charge in [0.05, 0.1) is 6.10 Å². The van der Waals surface area contributed by atoms with E-state index in [4.69, 9.17) is 9.84 Å². The van der Waals surface area contributed by atoms with E-state index in [0.717, 1.165) is 0 Å². The summed E-state index contributed by atoms with van der Waals surface area (Å²) in [5, 5.41) is 9.09. The van der Waals surface area contributed by atoms with Crippen molar-refractivity contribution in [1.82, 2.24) is 0 Å². The molecule has 0 aromatic carbocycles. The molecule has 0 aliphatic carbocycles. The fourth-order valence-electron chi connectivity index (χ4n) is 0.649. The molecule has 1 unspecified atom stereocenters. The van der Waals surface area contributed by atoms with E-state index < -0.39 is 12.1 Å². The van der Waals surface area contributed by atoms with Gasteiger partial charge in [-0.1, -0.05) is 19.6 Å². The molecule has 1 atom stereocenters. The highest BCUT2D eigenvalue weighted by Crippen LogP contribution is 2.02. The monoisotopic (exact) mass is 184 g/mol. The maximum absolute atomic E-state index is 11.1. The number of hydrogen-bond donors (Lipinski definition) is 1. The molecule has 0 spiro atoms. The van der Waals surface area contributed by atoms with Crippen LogP contribution in [0.1, 0.15) is 19.8 Å². The fourth-order valence-corrected chi connectivity index (χ4v) is 0.649. The van der Waals surface area contributed by atoms with Crippen molar-refractivity contribution in [3.8, 4) is 0 Å². The molecule has 0 aromatic rings. The van der Waals surface area contributed by atoms with Crippen LogP contribution in [-0.2, 0) is 9.53 Å². The second kappa shape index (κ2) is 6.43. The molecule has 0 fully saturated rings. The van der Waals surface area contributed by atoms with Crippen LogP contribution in [0, 0.1) is 0 Å². The Bertz CT molecular complexity index is 196. The van der Waals surface area contributed by atoms with Gasteiger partial charge in [0.15, 0.2) is 0 Å². The van der Waals surface area contributed by atoms with Gasteiger partial charge in [0.2, 0.25) is 0 Å². The third-order valence-electron chi connectivity index (χ3n) is 1.56. The smallest absolute Gasteiger partial charge is 0.333 e. The zero-order valence-corrected chi connectivity index (χ0v) is 7.95. The number of allylic oxidation sites excluding steroid dienone is 1. The zero-order valence-electron chi connectivity index (χ0n) is 7.95. The number of aliphatic hydroxyl groups excluding tert-OH is 1. The highest BCUT2D eigenvalue weighted by atomic mass is 16.5. The summed E-state index contributed by atoms with van der Waals surface area (Å²) in [4.78, 5) is 11.1. The molecule has 13 heavy (non-hydrogen) atoms. The molecule has 0 amide bonds. The number of rotatable bonds is 6. The second-order valence-electron chi connectivity index (χ2n) is 2.76. The first kappa shape index (κ1) is 11.9. The van der Waals surface area contributed by atoms with Crippen molar-refractivity contribution in [1.29, 1.82) is 0 Å². The van der Waals surface area contributed by atoms with Crippen LogP contribution in [0.2, 0.25) is 0 Å². The molecule has 0 radical (unpaired) electrons. The lowest BCUT2D eigenvalue weighted by Crippen LogP contribution is -2.18. The molecule has 0 rings (SSSR count). The average molecular weight is 184 g/mol. The summed E-state index contributed by atoms with van der Waals surface area (Å²) in [7, 11) is 0. The summed E-state index contributed by atoms with van der Waals surface area (Å²) in [6.07, 6.45) is 1.99. The molecule has 3 nitrogen and oxygen atoms in total. The van der Waals surface area contributed by atoms with E-state index in [-0.39, 0.29) is 6.61 Å². The van der Waals surface area contributed by atoms with Gasteiger partial charge in [-0.15, -0.1) is 6.58 Å². The topological polar surface area (TPSA) is 46.5 Å². The van der Waals surface area contributed by atoms with Crippen LogP contribution < -0.4 is 0 Å². The van der Waals surface area contributed by atoms with E-state index in [1.807, 2.05) is 6.92 Å². The molecule has 0 aliphatic heterocycles. The van der Waals surface area contributed by atoms with Crippen molar-refractivity contribution in [2.75, 3.05) is 6.61 Å². The van der Waals surface area contributed by atoms with E-state index in [9.17, 15) is 4.79 Å². The van der Waals surface area contributed by atoms with Crippen molar-refractivity contribution in [3.05, 3.63) is 24.8 Å². The molecule has 0 bridgehead atoms. The average Bonchev–Trinajstić information content (AvgIpc) is 2.13. The Labute approximate surface area is 78.7 Å². The Kier molecular flexibility index (Phi) is 5.89. The van der Waals surface area contributed by atoms with Crippen molar-refractivity contribution < 1.29 is 14.6 Å². The number of hydrogen-bond acceptors (Lipinski definition) is 3. The van der Waals surface area contributed by atoms with Gasteiger partial charge in [-0.2, -0.15) is 0 Å². The number of ether oxygens (including phenoxy) is 1. The van der Waals surface area contributed by atoms with E-state index in [2.05, 4.69) is 13.2 Å². The summed E-state index contributed by atoms with van der Waals surface area (Å²) in [6, 6.07) is 0. The Morgan fingerprint density at radius 2 is 2.31 bits per heavy atom. The zero-order chi connectivity index (χ0) is 10.3. The summed E-state index contributed by atoms with van der Waals surface area (Å²) < 4.78 is 4.77. The van der Waals surface area contributed by atoms with E-state index in [1.54, 1.807) is 6.08 Å². The van der Waals surface area contributed by atoms with E-state index in [0.29, 0.717) is 18.4 Å². The minimum Gasteiger partial charge on any atom is -0.460 e. The molecule has 0 aliphatic rings. The molecular weight excluding hydrogens is 168 g/mol. The predicted octanol–water partition coefficient (Wildman–Crippen LogP) is 1.43. The summed E-state index contributed by atoms with van der Waals surface area (Å²) in [5.74, 6) is -0.465. The van der Waals surface area contributed by atoms with Crippen molar-refractivity contribution >= 4 is 5.97 Å². The van der Waals surface area contributed by atoms with Crippen LogP contribution >= 0.6 is 0 Å². The van der Waals surface area contributed by atoms with Gasteiger partial charge in [-0.3, -0.25) is 0 Å². The molecule has 0 heterocycles. The van der Waals surface area contributed by atoms with Gasteiger partial charge >= 0.3 is 5.97 Å². The maximum Gasteiger partial charge on any atom is 0.333 e.